The number of amides is 1. The predicted octanol–water partition coefficient (Wildman–Crippen LogP) is 12.3. The van der Waals surface area contributed by atoms with Gasteiger partial charge in [-0.05, 0) is 51.6 Å². The Labute approximate surface area is 452 Å². The van der Waals surface area contributed by atoms with Gasteiger partial charge in [0.15, 0.2) is 0 Å². The quantitative estimate of drug-likeness (QED) is 0.0317. The Morgan fingerprint density at radius 2 is 0.800 bits per heavy atom. The number of likely N-dealkylation sites (tertiary alicyclic amines) is 2. The molecule has 2 saturated heterocycles. The number of rotatable bonds is 46. The number of nitrogens with zero attached hydrogens (tertiary/aromatic N) is 2. The van der Waals surface area contributed by atoms with Gasteiger partial charge in [-0.25, -0.2) is 4.79 Å². The van der Waals surface area contributed by atoms with Crippen LogP contribution in [-0.2, 0) is 61.9 Å². The average molecular weight is 1070 g/mol. The summed E-state index contributed by atoms with van der Waals surface area (Å²) in [6.07, 6.45) is 27.3. The number of ether oxygens (including phenoxy) is 7. The van der Waals surface area contributed by atoms with Gasteiger partial charge in [0.25, 0.3) is 0 Å². The van der Waals surface area contributed by atoms with E-state index in [-0.39, 0.29) is 115 Å². The highest BCUT2D eigenvalue weighted by molar-refractivity contribution is 5.73. The number of hydrogen-bond donors (Lipinski definition) is 0. The summed E-state index contributed by atoms with van der Waals surface area (Å²) in [5.41, 5.74) is 0. The Balaban J connectivity index is 2.11. The average Bonchev–Trinajstić information content (AvgIpc) is 3.81. The van der Waals surface area contributed by atoms with Crippen LogP contribution >= 0.6 is 0 Å². The summed E-state index contributed by atoms with van der Waals surface area (Å²) in [4.78, 5) is 95.5. The van der Waals surface area contributed by atoms with Crippen LogP contribution in [0.15, 0.2) is 0 Å². The first kappa shape index (κ1) is 67.2. The summed E-state index contributed by atoms with van der Waals surface area (Å²) in [6, 6.07) is -0.695. The fraction of sp³-hybridized carbons (Fsp3) is 0.881. The minimum atomic E-state index is -0.771. The second kappa shape index (κ2) is 45.1. The molecule has 0 unspecified atom stereocenters. The normalized spacial score (nSPS) is 15.7. The smallest absolute Gasteiger partial charge is 0.410 e. The zero-order valence-electron chi connectivity index (χ0n) is 47.5. The van der Waals surface area contributed by atoms with Crippen LogP contribution in [0.25, 0.3) is 0 Å². The maximum Gasteiger partial charge on any atom is 0.410 e. The van der Waals surface area contributed by atoms with Crippen molar-refractivity contribution >= 4 is 41.9 Å². The summed E-state index contributed by atoms with van der Waals surface area (Å²) in [5, 5.41) is 0. The Bertz CT molecular complexity index is 1480. The second-order valence-corrected chi connectivity index (χ2v) is 21.3. The van der Waals surface area contributed by atoms with Crippen LogP contribution in [0.5, 0.6) is 0 Å². The molecular weight excluding hydrogens is 961 g/mol. The number of unbranched alkanes of at least 4 members (excludes halogenated alkanes) is 20. The third-order valence-electron chi connectivity index (χ3n) is 14.2. The van der Waals surface area contributed by atoms with Crippen LogP contribution in [0.2, 0.25) is 0 Å². The zero-order chi connectivity index (χ0) is 54.6. The summed E-state index contributed by atoms with van der Waals surface area (Å²) in [7, 11) is 0. The van der Waals surface area contributed by atoms with Gasteiger partial charge in [-0.2, -0.15) is 0 Å². The molecule has 2 heterocycles. The summed E-state index contributed by atoms with van der Waals surface area (Å²) in [5.74, 6) is -4.02. The molecule has 2 aliphatic heterocycles. The van der Waals surface area contributed by atoms with Crippen molar-refractivity contribution in [3.63, 3.8) is 0 Å². The lowest BCUT2D eigenvalue weighted by Gasteiger charge is -2.27. The number of esters is 6. The lowest BCUT2D eigenvalue weighted by Crippen LogP contribution is -2.41. The van der Waals surface area contributed by atoms with Crippen molar-refractivity contribution in [2.24, 2.45) is 11.8 Å². The van der Waals surface area contributed by atoms with Crippen molar-refractivity contribution in [1.29, 1.82) is 0 Å². The zero-order valence-corrected chi connectivity index (χ0v) is 47.5. The molecule has 0 radical (unpaired) electrons. The molecule has 16 nitrogen and oxygen atoms in total. The van der Waals surface area contributed by atoms with Crippen molar-refractivity contribution in [3.8, 4) is 0 Å². The van der Waals surface area contributed by atoms with Crippen molar-refractivity contribution in [2.75, 3.05) is 65.8 Å². The molecule has 0 aliphatic carbocycles. The van der Waals surface area contributed by atoms with Gasteiger partial charge in [-0.15, -0.1) is 0 Å². The van der Waals surface area contributed by atoms with Gasteiger partial charge in [-0.3, -0.25) is 38.6 Å². The van der Waals surface area contributed by atoms with Crippen LogP contribution in [0, 0.1) is 11.8 Å². The standard InChI is InChI=1S/C59H104N2O14/c1-5-9-13-17-21-26-32-53(62)70-44-49(45-71-54(63)33-27-22-18-14-10-6-2)40-57(66)74-48-51-42-52(43-61(51)59(68)69-39-38-60-36-30-25-31-37-60)75-58(67)41-50(46-72-55(64)34-28-23-19-15-11-7-3)47-73-56(65)35-29-24-20-16-12-8-4/h49-52H,5-48H2,1-4H3/t51-,52+/m0/s1. The van der Waals surface area contributed by atoms with E-state index in [1.54, 1.807) is 0 Å². The summed E-state index contributed by atoms with van der Waals surface area (Å²) in [6.45, 7) is 10.5. The SMILES string of the molecule is CCCCCCCCC(=O)OCC(COC(=O)CCCCCCCC)CC(=O)OC[C@@H]1C[C@@H](OC(=O)CC(COC(=O)CCCCCCCC)COC(=O)CCCCCCCC)CN1C(=O)OCCN1CCCCC1. The van der Waals surface area contributed by atoms with Crippen LogP contribution in [0.3, 0.4) is 0 Å². The van der Waals surface area contributed by atoms with Crippen LogP contribution < -0.4 is 0 Å². The molecule has 2 atom stereocenters. The predicted molar refractivity (Wildman–Crippen MR) is 290 cm³/mol. The van der Waals surface area contributed by atoms with Crippen molar-refractivity contribution in [3.05, 3.63) is 0 Å². The van der Waals surface area contributed by atoms with Gasteiger partial charge in [0.2, 0.25) is 0 Å². The molecule has 0 spiro atoms. The van der Waals surface area contributed by atoms with Gasteiger partial charge in [-0.1, -0.05) is 163 Å². The Morgan fingerprint density at radius 3 is 1.20 bits per heavy atom. The van der Waals surface area contributed by atoms with Gasteiger partial charge in [0, 0.05) is 50.5 Å². The van der Waals surface area contributed by atoms with E-state index in [2.05, 4.69) is 32.6 Å². The van der Waals surface area contributed by atoms with Crippen LogP contribution in [-0.4, -0.2) is 130 Å². The molecule has 1 amide bonds. The number of hydrogen-bond acceptors (Lipinski definition) is 15. The van der Waals surface area contributed by atoms with E-state index in [0.717, 1.165) is 154 Å². The third-order valence-corrected chi connectivity index (χ3v) is 14.2. The molecule has 0 saturated carbocycles. The lowest BCUT2D eigenvalue weighted by molar-refractivity contribution is -0.157. The first-order chi connectivity index (χ1) is 36.5. The highest BCUT2D eigenvalue weighted by Gasteiger charge is 2.39. The summed E-state index contributed by atoms with van der Waals surface area (Å²) < 4.78 is 39.9. The molecule has 434 valence electrons. The minimum Gasteiger partial charge on any atom is -0.465 e. The minimum absolute atomic E-state index is 0.00656. The molecule has 0 aromatic carbocycles. The molecule has 0 bridgehead atoms. The van der Waals surface area contributed by atoms with Gasteiger partial charge < -0.3 is 33.2 Å². The first-order valence-corrected chi connectivity index (χ1v) is 30.1. The molecule has 0 aromatic rings. The number of carbonyl (C=O) groups is 7. The maximum atomic E-state index is 13.7. The molecule has 2 rings (SSSR count). The second-order valence-electron chi connectivity index (χ2n) is 21.3. The fourth-order valence-corrected chi connectivity index (χ4v) is 9.48. The van der Waals surface area contributed by atoms with E-state index in [0.29, 0.717) is 32.2 Å². The Morgan fingerprint density at radius 1 is 0.427 bits per heavy atom. The van der Waals surface area contributed by atoms with Crippen LogP contribution in [0.4, 0.5) is 4.79 Å². The van der Waals surface area contributed by atoms with E-state index in [9.17, 15) is 33.6 Å². The van der Waals surface area contributed by atoms with Crippen molar-refractivity contribution in [1.82, 2.24) is 9.80 Å². The van der Waals surface area contributed by atoms with Gasteiger partial charge >= 0.3 is 41.9 Å². The molecule has 2 aliphatic rings. The van der Waals surface area contributed by atoms with E-state index in [1.807, 2.05) is 0 Å². The monoisotopic (exact) mass is 1060 g/mol. The molecule has 2 fully saturated rings. The van der Waals surface area contributed by atoms with Crippen molar-refractivity contribution in [2.45, 2.75) is 258 Å². The first-order valence-electron chi connectivity index (χ1n) is 30.1. The topological polar surface area (TPSA) is 191 Å². The molecular formula is C59H104N2O14. The van der Waals surface area contributed by atoms with Crippen LogP contribution in [0.1, 0.15) is 246 Å². The molecule has 0 N–H and O–H groups in total. The van der Waals surface area contributed by atoms with Gasteiger partial charge in [0.05, 0.1) is 51.9 Å². The fourth-order valence-electron chi connectivity index (χ4n) is 9.48. The van der Waals surface area contributed by atoms with Gasteiger partial charge in [0.1, 0.15) is 19.3 Å². The largest absolute Gasteiger partial charge is 0.465 e. The van der Waals surface area contributed by atoms with E-state index in [1.165, 1.54) is 11.3 Å². The number of piperidine rings is 1. The third kappa shape index (κ3) is 35.9. The van der Waals surface area contributed by atoms with E-state index < -0.39 is 42.0 Å². The van der Waals surface area contributed by atoms with E-state index in [4.69, 9.17) is 33.2 Å². The van der Waals surface area contributed by atoms with Crippen molar-refractivity contribution < 1.29 is 66.7 Å². The lowest BCUT2D eigenvalue weighted by atomic mass is 10.1. The van der Waals surface area contributed by atoms with E-state index >= 15 is 0 Å². The highest BCUT2D eigenvalue weighted by Crippen LogP contribution is 2.25. The molecule has 16 heteroatoms. The molecule has 75 heavy (non-hydrogen) atoms. The Kier molecular flexibility index (Phi) is 40.4. The number of carbonyl (C=O) groups excluding carboxylic acids is 7. The molecule has 0 aromatic heterocycles. The summed E-state index contributed by atoms with van der Waals surface area (Å²) >= 11 is 0. The maximum absolute atomic E-state index is 13.7. The highest BCUT2D eigenvalue weighted by atomic mass is 16.6. The Hall–Kier alpha value is -3.95.